The van der Waals surface area contributed by atoms with E-state index in [1.54, 1.807) is 6.92 Å². The first kappa shape index (κ1) is 27.0. The average Bonchev–Trinajstić information content (AvgIpc) is 3.19. The summed E-state index contributed by atoms with van der Waals surface area (Å²) in [5.74, 6) is -1.13. The summed E-state index contributed by atoms with van der Waals surface area (Å²) in [7, 11) is -2.05. The fraction of sp³-hybridized carbons (Fsp3) is 0.500. The highest BCUT2D eigenvalue weighted by Crippen LogP contribution is 2.56. The van der Waals surface area contributed by atoms with Crippen LogP contribution in [0.4, 0.5) is 13.2 Å². The number of hydrogen-bond donors (Lipinski definition) is 0. The van der Waals surface area contributed by atoms with Crippen LogP contribution >= 0.6 is 0 Å². The number of carbonyl (C=O) groups excluding carboxylic acids is 1. The van der Waals surface area contributed by atoms with E-state index in [9.17, 15) is 26.4 Å². The molecule has 2 aromatic rings. The number of fused-ring (bicyclic) bond motifs is 4. The van der Waals surface area contributed by atoms with E-state index < -0.39 is 45.7 Å². The third-order valence-electron chi connectivity index (χ3n) is 5.71. The standard InChI is InChI=1S/C22H23F3O11S/c1-10-16-18(20-14(34-10)7-15(26)35-20)21(33-9-30-3)17-12(19(16)32-8-29-2)5-11(6-13(17)31-4)36-37(27,28)22(23,24)25/h5-6,10,14,20H,7-9H2,1-4H3/t10-,14-,20+/m0/s1. The summed E-state index contributed by atoms with van der Waals surface area (Å²) in [5, 5.41) is 0.240. The van der Waals surface area contributed by atoms with Gasteiger partial charge in [-0.3, -0.25) is 4.79 Å². The normalized spacial score (nSPS) is 21.3. The predicted molar refractivity (Wildman–Crippen MR) is 118 cm³/mol. The van der Waals surface area contributed by atoms with Gasteiger partial charge in [0.1, 0.15) is 29.1 Å². The summed E-state index contributed by atoms with van der Waals surface area (Å²) >= 11 is 0. The zero-order chi connectivity index (χ0) is 27.1. The Balaban J connectivity index is 2.07. The van der Waals surface area contributed by atoms with E-state index in [1.807, 2.05) is 0 Å². The lowest BCUT2D eigenvalue weighted by Gasteiger charge is -2.35. The predicted octanol–water partition coefficient (Wildman–Crippen LogP) is 3.49. The number of methoxy groups -OCH3 is 3. The number of alkyl halides is 3. The molecule has 0 bridgehead atoms. The van der Waals surface area contributed by atoms with E-state index in [2.05, 4.69) is 4.18 Å². The molecule has 204 valence electrons. The maximum atomic E-state index is 13.0. The zero-order valence-corrected chi connectivity index (χ0v) is 20.9. The summed E-state index contributed by atoms with van der Waals surface area (Å²) < 4.78 is 106. The Bertz CT molecular complexity index is 1310. The van der Waals surface area contributed by atoms with E-state index in [4.69, 9.17) is 33.2 Å². The van der Waals surface area contributed by atoms with Crippen molar-refractivity contribution >= 4 is 26.9 Å². The van der Waals surface area contributed by atoms with Crippen molar-refractivity contribution in [2.45, 2.75) is 37.2 Å². The van der Waals surface area contributed by atoms with Crippen molar-refractivity contribution < 1.29 is 63.7 Å². The minimum Gasteiger partial charge on any atom is -0.496 e. The molecule has 4 rings (SSSR count). The van der Waals surface area contributed by atoms with Gasteiger partial charge in [0, 0.05) is 36.8 Å². The smallest absolute Gasteiger partial charge is 0.496 e. The van der Waals surface area contributed by atoms with E-state index in [0.717, 1.165) is 12.1 Å². The molecule has 1 saturated heterocycles. The number of esters is 1. The van der Waals surface area contributed by atoms with E-state index in [-0.39, 0.29) is 48.0 Å². The first-order chi connectivity index (χ1) is 17.4. The van der Waals surface area contributed by atoms with Crippen molar-refractivity contribution in [2.24, 2.45) is 0 Å². The van der Waals surface area contributed by atoms with Gasteiger partial charge in [0.15, 0.2) is 19.7 Å². The van der Waals surface area contributed by atoms with Gasteiger partial charge in [-0.05, 0) is 13.0 Å². The van der Waals surface area contributed by atoms with Crippen LogP contribution in [0.15, 0.2) is 12.1 Å². The summed E-state index contributed by atoms with van der Waals surface area (Å²) in [4.78, 5) is 12.1. The Hall–Kier alpha value is -3.01. The number of carbonyl (C=O) groups is 1. The quantitative estimate of drug-likeness (QED) is 0.196. The van der Waals surface area contributed by atoms with E-state index >= 15 is 0 Å². The van der Waals surface area contributed by atoms with Crippen LogP contribution in [0.3, 0.4) is 0 Å². The lowest BCUT2D eigenvalue weighted by Crippen LogP contribution is -2.28. The highest BCUT2D eigenvalue weighted by Gasteiger charge is 2.49. The minimum atomic E-state index is -6.00. The largest absolute Gasteiger partial charge is 0.534 e. The summed E-state index contributed by atoms with van der Waals surface area (Å²) in [6, 6.07) is 1.99. The van der Waals surface area contributed by atoms with Crippen LogP contribution in [-0.2, 0) is 33.9 Å². The van der Waals surface area contributed by atoms with Crippen LogP contribution in [0.25, 0.3) is 10.8 Å². The highest BCUT2D eigenvalue weighted by molar-refractivity contribution is 7.88. The number of halogens is 3. The first-order valence-corrected chi connectivity index (χ1v) is 12.1. The molecule has 2 aliphatic heterocycles. The first-order valence-electron chi connectivity index (χ1n) is 10.7. The average molecular weight is 552 g/mol. The Kier molecular flexibility index (Phi) is 7.34. The topological polar surface area (TPSA) is 125 Å². The van der Waals surface area contributed by atoms with Crippen molar-refractivity contribution in [2.75, 3.05) is 34.9 Å². The molecule has 2 aliphatic rings. The van der Waals surface area contributed by atoms with Crippen LogP contribution in [0.2, 0.25) is 0 Å². The molecule has 11 nitrogen and oxygen atoms in total. The lowest BCUT2D eigenvalue weighted by molar-refractivity contribution is -0.143. The van der Waals surface area contributed by atoms with Crippen LogP contribution in [0, 0.1) is 0 Å². The third kappa shape index (κ3) is 4.83. The second kappa shape index (κ2) is 10.0. The van der Waals surface area contributed by atoms with Crippen LogP contribution < -0.4 is 18.4 Å². The molecular formula is C22H23F3O11S. The highest BCUT2D eigenvalue weighted by atomic mass is 32.2. The second-order valence-corrected chi connectivity index (χ2v) is 9.59. The fourth-order valence-corrected chi connectivity index (χ4v) is 4.81. The number of hydrogen-bond acceptors (Lipinski definition) is 11. The molecule has 0 aromatic heterocycles. The molecule has 2 heterocycles. The number of benzene rings is 2. The van der Waals surface area contributed by atoms with Gasteiger partial charge < -0.3 is 37.3 Å². The zero-order valence-electron chi connectivity index (χ0n) is 20.0. The van der Waals surface area contributed by atoms with Crippen LogP contribution in [0.5, 0.6) is 23.0 Å². The van der Waals surface area contributed by atoms with Crippen LogP contribution in [-0.4, -0.2) is 60.9 Å². The molecule has 0 unspecified atom stereocenters. The molecule has 0 radical (unpaired) electrons. The maximum Gasteiger partial charge on any atom is 0.534 e. The Morgan fingerprint density at radius 2 is 1.68 bits per heavy atom. The van der Waals surface area contributed by atoms with E-state index in [0.29, 0.717) is 11.1 Å². The monoisotopic (exact) mass is 552 g/mol. The van der Waals surface area contributed by atoms with Crippen molar-refractivity contribution in [1.29, 1.82) is 0 Å². The van der Waals surface area contributed by atoms with Gasteiger partial charge in [-0.15, -0.1) is 0 Å². The van der Waals surface area contributed by atoms with Crippen molar-refractivity contribution in [1.82, 2.24) is 0 Å². The van der Waals surface area contributed by atoms with Gasteiger partial charge >= 0.3 is 21.6 Å². The van der Waals surface area contributed by atoms with Gasteiger partial charge in [-0.2, -0.15) is 21.6 Å². The fourth-order valence-electron chi connectivity index (χ4n) is 4.37. The molecule has 0 saturated carbocycles. The van der Waals surface area contributed by atoms with Gasteiger partial charge in [-0.1, -0.05) is 0 Å². The minimum absolute atomic E-state index is 0.0102. The second-order valence-electron chi connectivity index (χ2n) is 8.05. The van der Waals surface area contributed by atoms with Gasteiger partial charge in [0.05, 0.1) is 25.0 Å². The Morgan fingerprint density at radius 3 is 2.27 bits per heavy atom. The maximum absolute atomic E-state index is 13.0. The Morgan fingerprint density at radius 1 is 1.03 bits per heavy atom. The number of rotatable bonds is 9. The molecule has 15 heteroatoms. The van der Waals surface area contributed by atoms with Crippen molar-refractivity contribution in [3.8, 4) is 23.0 Å². The molecule has 0 amide bonds. The summed E-state index contributed by atoms with van der Waals surface area (Å²) in [6.07, 6.45) is -2.26. The van der Waals surface area contributed by atoms with Gasteiger partial charge in [0.25, 0.3) is 0 Å². The third-order valence-corrected chi connectivity index (χ3v) is 6.69. The molecule has 0 spiro atoms. The molecule has 2 aromatic carbocycles. The van der Waals surface area contributed by atoms with Crippen molar-refractivity contribution in [3.05, 3.63) is 23.3 Å². The molecule has 0 aliphatic carbocycles. The molecular weight excluding hydrogens is 529 g/mol. The number of ether oxygens (including phenoxy) is 7. The van der Waals surface area contributed by atoms with Gasteiger partial charge in [-0.25, -0.2) is 0 Å². The Labute approximate surface area is 209 Å². The summed E-state index contributed by atoms with van der Waals surface area (Å²) in [5.41, 5.74) is -4.93. The molecule has 1 fully saturated rings. The molecule has 3 atom stereocenters. The van der Waals surface area contributed by atoms with Crippen LogP contribution in [0.1, 0.15) is 36.7 Å². The van der Waals surface area contributed by atoms with E-state index in [1.165, 1.54) is 21.3 Å². The molecule has 0 N–H and O–H groups in total. The SMILES string of the molecule is COCOc1c2c(c(OCOC)c3c(OC)cc(OS(=O)(=O)C(F)(F)F)cc13)[C@@H]1OC(=O)C[C@@H]1O[C@H]2C. The lowest BCUT2D eigenvalue weighted by atomic mass is 9.87. The summed E-state index contributed by atoms with van der Waals surface area (Å²) in [6.45, 7) is 1.12. The van der Waals surface area contributed by atoms with Crippen molar-refractivity contribution in [3.63, 3.8) is 0 Å². The van der Waals surface area contributed by atoms with Gasteiger partial charge in [0.2, 0.25) is 0 Å². The molecule has 37 heavy (non-hydrogen) atoms.